The summed E-state index contributed by atoms with van der Waals surface area (Å²) in [4.78, 5) is 69.0. The molecule has 0 aromatic rings. The average Bonchev–Trinajstić information content (AvgIpc) is 3.60. The van der Waals surface area contributed by atoms with Crippen LogP contribution in [0.5, 0.6) is 0 Å². The highest BCUT2D eigenvalue weighted by Gasteiger charge is 2.70. The van der Waals surface area contributed by atoms with Crippen LogP contribution in [-0.4, -0.2) is 74.7 Å². The van der Waals surface area contributed by atoms with Crippen LogP contribution in [0.3, 0.4) is 0 Å². The highest BCUT2D eigenvalue weighted by Crippen LogP contribution is 2.68. The number of carboxylic acid groups (broad SMARTS) is 1. The summed E-state index contributed by atoms with van der Waals surface area (Å²) in [6, 6.07) is -2.82. The van der Waals surface area contributed by atoms with Crippen molar-refractivity contribution in [1.82, 2.24) is 15.1 Å². The van der Waals surface area contributed by atoms with E-state index in [1.54, 1.807) is 25.7 Å². The van der Waals surface area contributed by atoms with E-state index in [1.165, 1.54) is 4.90 Å². The van der Waals surface area contributed by atoms with Gasteiger partial charge in [-0.05, 0) is 74.5 Å². The summed E-state index contributed by atoms with van der Waals surface area (Å²) in [5, 5.41) is 13.2. The molecule has 3 saturated carbocycles. The number of rotatable bonds is 9. The fourth-order valence-corrected chi connectivity index (χ4v) is 8.08. The van der Waals surface area contributed by atoms with Gasteiger partial charge in [0.2, 0.25) is 17.6 Å². The lowest BCUT2D eigenvalue weighted by molar-refractivity contribution is -0.162. The fraction of sp³-hybridized carbons (Fsp3) is 0.839. The molecule has 230 valence electrons. The molecule has 10 heteroatoms. The van der Waals surface area contributed by atoms with Gasteiger partial charge in [0.25, 0.3) is 5.91 Å². The zero-order valence-corrected chi connectivity index (χ0v) is 25.9. The predicted molar refractivity (Wildman–Crippen MR) is 153 cm³/mol. The maximum atomic E-state index is 14.7. The van der Waals surface area contributed by atoms with Gasteiger partial charge in [0.1, 0.15) is 12.1 Å². The summed E-state index contributed by atoms with van der Waals surface area (Å²) >= 11 is 0. The van der Waals surface area contributed by atoms with Crippen LogP contribution in [0.4, 0.5) is 4.79 Å². The first-order valence-electron chi connectivity index (χ1n) is 15.4. The third kappa shape index (κ3) is 5.59. The maximum Gasteiger partial charge on any atom is 0.408 e. The van der Waals surface area contributed by atoms with Gasteiger partial charge in [-0.25, -0.2) is 4.79 Å². The Morgan fingerprint density at radius 1 is 0.976 bits per heavy atom. The topological polar surface area (TPSA) is 150 Å². The molecule has 1 heterocycles. The summed E-state index contributed by atoms with van der Waals surface area (Å²) < 4.78 is 0. The van der Waals surface area contributed by atoms with Crippen LogP contribution in [-0.2, 0) is 19.2 Å². The minimum atomic E-state index is -1.15. The van der Waals surface area contributed by atoms with Crippen molar-refractivity contribution >= 4 is 29.6 Å². The maximum absolute atomic E-state index is 14.7. The predicted octanol–water partition coefficient (Wildman–Crippen LogP) is 3.56. The SMILES string of the molecule is CC(C)(C)N(C(=O)O)[C@H](C(=O)N1C[C@H]2[C@@H]([C@H]1C(=O)N[C@@H](CC1CC1)C(=O)C(N)=O)C(C)(C)C2(C)C)C1CCCCC1. The molecule has 4 rings (SSSR count). The minimum Gasteiger partial charge on any atom is -0.465 e. The molecular weight excluding hydrogens is 524 g/mol. The Hall–Kier alpha value is -2.65. The fourth-order valence-electron chi connectivity index (χ4n) is 8.08. The van der Waals surface area contributed by atoms with E-state index in [0.29, 0.717) is 13.0 Å². The van der Waals surface area contributed by atoms with Crippen LogP contribution in [0.1, 0.15) is 99.8 Å². The molecule has 4 amide bonds. The molecule has 4 aliphatic rings. The van der Waals surface area contributed by atoms with Crippen molar-refractivity contribution in [2.45, 2.75) is 123 Å². The summed E-state index contributed by atoms with van der Waals surface area (Å²) in [6.07, 6.45) is 5.47. The molecule has 3 aliphatic carbocycles. The molecule has 0 aromatic heterocycles. The van der Waals surface area contributed by atoms with Gasteiger partial charge in [-0.15, -0.1) is 0 Å². The van der Waals surface area contributed by atoms with Crippen LogP contribution in [0.15, 0.2) is 0 Å². The molecule has 1 saturated heterocycles. The number of carbonyl (C=O) groups excluding carboxylic acids is 4. The number of ketones is 1. The molecule has 5 atom stereocenters. The monoisotopic (exact) mass is 574 g/mol. The Labute approximate surface area is 244 Å². The standard InChI is InChI=1S/C31H50N4O6/c1-29(2,3)35(28(40)41)22(18-11-9-8-10-12-18)27(39)34-16-19-21(31(6,7)30(19,4)5)23(34)26(38)33-20(15-17-13-14-17)24(36)25(32)37/h17-23H,8-16H2,1-7H3,(H2,32,37)(H,33,38)(H,40,41)/t19-,20-,21-,22-,23-/m0/s1. The number of nitrogens with two attached hydrogens (primary N) is 1. The lowest BCUT2D eigenvalue weighted by atomic mass is 9.40. The number of amides is 4. The second-order valence-electron chi connectivity index (χ2n) is 15.1. The summed E-state index contributed by atoms with van der Waals surface area (Å²) in [6.45, 7) is 14.3. The van der Waals surface area contributed by atoms with Gasteiger partial charge in [0, 0.05) is 12.1 Å². The second-order valence-corrected chi connectivity index (χ2v) is 15.1. The van der Waals surface area contributed by atoms with Gasteiger partial charge < -0.3 is 21.1 Å². The first kappa shape index (κ1) is 31.3. The van der Waals surface area contributed by atoms with Crippen molar-refractivity contribution in [3.05, 3.63) is 0 Å². The number of nitrogens with one attached hydrogen (secondary N) is 1. The number of likely N-dealkylation sites (tertiary alicyclic amines) is 1. The van der Waals surface area contributed by atoms with Crippen LogP contribution in [0, 0.1) is 34.5 Å². The van der Waals surface area contributed by atoms with Gasteiger partial charge in [-0.1, -0.05) is 59.8 Å². The van der Waals surface area contributed by atoms with Crippen LogP contribution >= 0.6 is 0 Å². The molecule has 0 bridgehead atoms. The van der Waals surface area contributed by atoms with Crippen molar-refractivity contribution in [3.63, 3.8) is 0 Å². The van der Waals surface area contributed by atoms with Gasteiger partial charge in [-0.2, -0.15) is 0 Å². The zero-order chi connectivity index (χ0) is 30.7. The summed E-state index contributed by atoms with van der Waals surface area (Å²) in [5.74, 6) is -2.74. The van der Waals surface area contributed by atoms with E-state index >= 15 is 0 Å². The van der Waals surface area contributed by atoms with Crippen LogP contribution in [0.25, 0.3) is 0 Å². The lowest BCUT2D eigenvalue weighted by Crippen LogP contribution is -2.65. The molecule has 0 spiro atoms. The van der Waals surface area contributed by atoms with Gasteiger partial charge in [0.15, 0.2) is 0 Å². The van der Waals surface area contributed by atoms with Gasteiger partial charge in [-0.3, -0.25) is 24.1 Å². The molecular formula is C31H50N4O6. The number of nitrogens with zero attached hydrogens (tertiary/aromatic N) is 2. The second kappa shape index (κ2) is 10.9. The Bertz CT molecular complexity index is 1080. The Morgan fingerprint density at radius 2 is 1.56 bits per heavy atom. The lowest BCUT2D eigenvalue weighted by Gasteiger charge is -2.63. The van der Waals surface area contributed by atoms with Crippen LogP contribution in [0.2, 0.25) is 0 Å². The summed E-state index contributed by atoms with van der Waals surface area (Å²) in [5.41, 5.74) is 4.04. The quantitative estimate of drug-likeness (QED) is 0.358. The van der Waals surface area contributed by atoms with Crippen molar-refractivity contribution in [3.8, 4) is 0 Å². The first-order chi connectivity index (χ1) is 18.9. The Morgan fingerprint density at radius 3 is 2.05 bits per heavy atom. The molecule has 0 aromatic carbocycles. The van der Waals surface area contributed by atoms with Crippen molar-refractivity contribution in [2.24, 2.45) is 40.2 Å². The highest BCUT2D eigenvalue weighted by atomic mass is 16.4. The van der Waals surface area contributed by atoms with E-state index in [1.807, 2.05) is 0 Å². The smallest absolute Gasteiger partial charge is 0.408 e. The van der Waals surface area contributed by atoms with E-state index in [4.69, 9.17) is 5.73 Å². The van der Waals surface area contributed by atoms with E-state index in [9.17, 15) is 29.1 Å². The number of carbonyl (C=O) groups is 5. The highest BCUT2D eigenvalue weighted by molar-refractivity contribution is 6.37. The molecule has 0 radical (unpaired) electrons. The van der Waals surface area contributed by atoms with Gasteiger partial charge in [0.05, 0.1) is 6.04 Å². The van der Waals surface area contributed by atoms with Crippen molar-refractivity contribution < 1.29 is 29.1 Å². The Balaban J connectivity index is 1.73. The number of hydrogen-bond donors (Lipinski definition) is 3. The Kier molecular flexibility index (Phi) is 8.30. The van der Waals surface area contributed by atoms with Gasteiger partial charge >= 0.3 is 6.09 Å². The summed E-state index contributed by atoms with van der Waals surface area (Å²) in [7, 11) is 0. The van der Waals surface area contributed by atoms with Crippen LogP contribution < -0.4 is 11.1 Å². The number of hydrogen-bond acceptors (Lipinski definition) is 5. The largest absolute Gasteiger partial charge is 0.465 e. The normalized spacial score (nSPS) is 28.6. The zero-order valence-electron chi connectivity index (χ0n) is 25.9. The van der Waals surface area contributed by atoms with E-state index in [-0.39, 0.29) is 40.4 Å². The van der Waals surface area contributed by atoms with Crippen molar-refractivity contribution in [1.29, 1.82) is 0 Å². The number of Topliss-reactive ketones (excluding diaryl/α,β-unsaturated/α-hetero) is 1. The number of fused-ring (bicyclic) bond motifs is 1. The molecule has 41 heavy (non-hydrogen) atoms. The number of primary amides is 1. The molecule has 4 fully saturated rings. The average molecular weight is 575 g/mol. The van der Waals surface area contributed by atoms with E-state index in [2.05, 4.69) is 33.0 Å². The first-order valence-corrected chi connectivity index (χ1v) is 15.4. The van der Waals surface area contributed by atoms with E-state index in [0.717, 1.165) is 44.9 Å². The third-order valence-electron chi connectivity index (χ3n) is 11.2. The molecule has 4 N–H and O–H groups in total. The van der Waals surface area contributed by atoms with Crippen molar-refractivity contribution in [2.75, 3.05) is 6.54 Å². The molecule has 0 unspecified atom stereocenters. The third-order valence-corrected chi connectivity index (χ3v) is 11.2. The molecule has 1 aliphatic heterocycles. The minimum absolute atomic E-state index is 0.0332. The molecule has 10 nitrogen and oxygen atoms in total. The van der Waals surface area contributed by atoms with E-state index < -0.39 is 47.4 Å².